The van der Waals surface area contributed by atoms with Gasteiger partial charge in [-0.3, -0.25) is 9.59 Å². The van der Waals surface area contributed by atoms with Crippen LogP contribution < -0.4 is 9.47 Å². The molecule has 0 bridgehead atoms. The number of amides is 1. The van der Waals surface area contributed by atoms with E-state index in [-0.39, 0.29) is 24.7 Å². The summed E-state index contributed by atoms with van der Waals surface area (Å²) in [6.07, 6.45) is 1.42. The van der Waals surface area contributed by atoms with Gasteiger partial charge in [-0.05, 0) is 48.0 Å². The molecule has 3 aromatic rings. The lowest BCUT2D eigenvalue weighted by Gasteiger charge is -2.23. The fourth-order valence-electron chi connectivity index (χ4n) is 3.77. The van der Waals surface area contributed by atoms with Gasteiger partial charge in [0.2, 0.25) is 6.79 Å². The summed E-state index contributed by atoms with van der Waals surface area (Å²) in [5, 5.41) is 11.0. The minimum atomic E-state index is -0.939. The molecule has 1 saturated heterocycles. The van der Waals surface area contributed by atoms with Crippen LogP contribution in [0, 0.1) is 5.82 Å². The van der Waals surface area contributed by atoms with Crippen molar-refractivity contribution in [2.24, 2.45) is 0 Å². The van der Waals surface area contributed by atoms with E-state index in [0.29, 0.717) is 28.4 Å². The van der Waals surface area contributed by atoms with Crippen molar-refractivity contribution in [1.29, 1.82) is 0 Å². The van der Waals surface area contributed by atoms with Crippen LogP contribution in [0.4, 0.5) is 4.39 Å². The quantitative estimate of drug-likeness (QED) is 0.392. The second-order valence-corrected chi connectivity index (χ2v) is 7.14. The number of furan rings is 1. The van der Waals surface area contributed by atoms with Gasteiger partial charge in [-0.25, -0.2) is 4.39 Å². The first-order chi connectivity index (χ1) is 15.0. The monoisotopic (exact) mass is 421 g/mol. The molecule has 0 aliphatic carbocycles. The number of hydrogen-bond acceptors (Lipinski definition) is 6. The molecule has 156 valence electrons. The molecule has 7 nitrogen and oxygen atoms in total. The van der Waals surface area contributed by atoms with Gasteiger partial charge in [0, 0.05) is 12.1 Å². The number of carbonyl (C=O) groups is 2. The fraction of sp³-hybridized carbons (Fsp3) is 0.130. The lowest BCUT2D eigenvalue weighted by Crippen LogP contribution is -2.29. The van der Waals surface area contributed by atoms with Gasteiger partial charge in [0.1, 0.15) is 23.4 Å². The molecule has 3 heterocycles. The Labute approximate surface area is 175 Å². The number of carbonyl (C=O) groups excluding carboxylic acids is 2. The zero-order chi connectivity index (χ0) is 21.5. The number of Topliss-reactive ketones (excluding diaryl/α,β-unsaturated/α-hetero) is 1. The van der Waals surface area contributed by atoms with Gasteiger partial charge >= 0.3 is 0 Å². The first-order valence-electron chi connectivity index (χ1n) is 9.49. The van der Waals surface area contributed by atoms with Crippen molar-refractivity contribution in [3.8, 4) is 11.5 Å². The van der Waals surface area contributed by atoms with Crippen LogP contribution in [-0.2, 0) is 16.1 Å². The third kappa shape index (κ3) is 3.22. The van der Waals surface area contributed by atoms with E-state index >= 15 is 0 Å². The number of likely N-dealkylation sites (tertiary alicyclic amines) is 1. The third-order valence-corrected chi connectivity index (χ3v) is 5.26. The summed E-state index contributed by atoms with van der Waals surface area (Å²) in [7, 11) is 0. The Morgan fingerprint density at radius 1 is 1.06 bits per heavy atom. The van der Waals surface area contributed by atoms with E-state index in [2.05, 4.69) is 0 Å². The van der Waals surface area contributed by atoms with Crippen molar-refractivity contribution in [3.63, 3.8) is 0 Å². The molecule has 8 heteroatoms. The molecular weight excluding hydrogens is 405 g/mol. The second kappa shape index (κ2) is 7.32. The Kier molecular flexibility index (Phi) is 4.47. The summed E-state index contributed by atoms with van der Waals surface area (Å²) >= 11 is 0. The standard InChI is InChI=1S/C23H16FNO6/c24-15-6-3-13(4-7-15)11-25-20(17-2-1-9-29-17)19(22(27)23(25)28)21(26)14-5-8-16-18(10-14)31-12-30-16/h1-10,20,26H,11-12H2/b21-19-. The zero-order valence-electron chi connectivity index (χ0n) is 16.1. The van der Waals surface area contributed by atoms with Crippen LogP contribution in [0.3, 0.4) is 0 Å². The van der Waals surface area contributed by atoms with Crippen LogP contribution in [-0.4, -0.2) is 28.5 Å². The van der Waals surface area contributed by atoms with E-state index in [9.17, 15) is 19.1 Å². The van der Waals surface area contributed by atoms with E-state index in [0.717, 1.165) is 0 Å². The van der Waals surface area contributed by atoms with Gasteiger partial charge in [-0.15, -0.1) is 0 Å². The van der Waals surface area contributed by atoms with Crippen LogP contribution in [0.25, 0.3) is 5.76 Å². The van der Waals surface area contributed by atoms with Crippen molar-refractivity contribution in [1.82, 2.24) is 4.90 Å². The Balaban J connectivity index is 1.60. The first kappa shape index (κ1) is 18.9. The third-order valence-electron chi connectivity index (χ3n) is 5.26. The van der Waals surface area contributed by atoms with Crippen molar-refractivity contribution in [2.45, 2.75) is 12.6 Å². The Morgan fingerprint density at radius 2 is 1.84 bits per heavy atom. The number of aliphatic hydroxyl groups excluding tert-OH is 1. The zero-order valence-corrected chi connectivity index (χ0v) is 16.1. The van der Waals surface area contributed by atoms with Crippen LogP contribution in [0.1, 0.15) is 22.9 Å². The van der Waals surface area contributed by atoms with Gasteiger partial charge in [0.15, 0.2) is 11.5 Å². The molecule has 1 aromatic heterocycles. The summed E-state index contributed by atoms with van der Waals surface area (Å²) in [4.78, 5) is 27.1. The lowest BCUT2D eigenvalue weighted by molar-refractivity contribution is -0.140. The number of nitrogens with zero attached hydrogens (tertiary/aromatic N) is 1. The van der Waals surface area contributed by atoms with Crippen LogP contribution in [0.2, 0.25) is 0 Å². The highest BCUT2D eigenvalue weighted by atomic mass is 19.1. The highest BCUT2D eigenvalue weighted by Gasteiger charge is 2.47. The van der Waals surface area contributed by atoms with E-state index in [1.54, 1.807) is 30.3 Å². The Bertz CT molecular complexity index is 1200. The summed E-state index contributed by atoms with van der Waals surface area (Å²) in [5.74, 6) is -1.10. The number of benzene rings is 2. The SMILES string of the molecule is O=C1C(=O)N(Cc2ccc(F)cc2)C(c2ccco2)/C1=C(/O)c1ccc2c(c1)OCO2. The minimum absolute atomic E-state index is 0.0359. The fourth-order valence-corrected chi connectivity index (χ4v) is 3.77. The molecule has 1 fully saturated rings. The number of hydrogen-bond donors (Lipinski definition) is 1. The number of ether oxygens (including phenoxy) is 2. The van der Waals surface area contributed by atoms with E-state index < -0.39 is 23.5 Å². The second-order valence-electron chi connectivity index (χ2n) is 7.14. The summed E-state index contributed by atoms with van der Waals surface area (Å²) in [5.41, 5.74) is 0.837. The maximum Gasteiger partial charge on any atom is 0.296 e. The number of rotatable bonds is 4. The molecule has 1 amide bonds. The predicted molar refractivity (Wildman–Crippen MR) is 106 cm³/mol. The van der Waals surface area contributed by atoms with E-state index in [4.69, 9.17) is 13.9 Å². The van der Waals surface area contributed by atoms with Gasteiger partial charge in [0.05, 0.1) is 11.8 Å². The Morgan fingerprint density at radius 3 is 2.58 bits per heavy atom. The number of halogens is 1. The molecular formula is C23H16FNO6. The summed E-state index contributed by atoms with van der Waals surface area (Å²) in [6.45, 7) is 0.0993. The summed E-state index contributed by atoms with van der Waals surface area (Å²) in [6, 6.07) is 12.7. The van der Waals surface area contributed by atoms with Crippen LogP contribution >= 0.6 is 0 Å². The van der Waals surface area contributed by atoms with Gasteiger partial charge in [0.25, 0.3) is 11.7 Å². The van der Waals surface area contributed by atoms with Crippen molar-refractivity contribution >= 4 is 17.4 Å². The molecule has 1 unspecified atom stereocenters. The smallest absolute Gasteiger partial charge is 0.296 e. The maximum atomic E-state index is 13.3. The van der Waals surface area contributed by atoms with Crippen molar-refractivity contribution in [2.75, 3.05) is 6.79 Å². The molecule has 2 aliphatic rings. The number of ketones is 1. The average Bonchev–Trinajstić information content (AvgIpc) is 3.51. The van der Waals surface area contributed by atoms with Gasteiger partial charge in [-0.2, -0.15) is 0 Å². The average molecular weight is 421 g/mol. The van der Waals surface area contributed by atoms with E-state index in [1.165, 1.54) is 35.4 Å². The molecule has 31 heavy (non-hydrogen) atoms. The molecule has 2 aromatic carbocycles. The molecule has 5 rings (SSSR count). The largest absolute Gasteiger partial charge is 0.507 e. The highest BCUT2D eigenvalue weighted by molar-refractivity contribution is 6.46. The number of aliphatic hydroxyl groups is 1. The van der Waals surface area contributed by atoms with Gasteiger partial charge in [-0.1, -0.05) is 12.1 Å². The molecule has 0 radical (unpaired) electrons. The molecule has 1 atom stereocenters. The Hall–Kier alpha value is -4.07. The summed E-state index contributed by atoms with van der Waals surface area (Å²) < 4.78 is 29.4. The van der Waals surface area contributed by atoms with Gasteiger partial charge < -0.3 is 23.9 Å². The highest BCUT2D eigenvalue weighted by Crippen LogP contribution is 2.42. The minimum Gasteiger partial charge on any atom is -0.507 e. The topological polar surface area (TPSA) is 89.2 Å². The predicted octanol–water partition coefficient (Wildman–Crippen LogP) is 3.77. The van der Waals surface area contributed by atoms with Crippen molar-refractivity contribution < 1.29 is 33.0 Å². The molecule has 1 N–H and O–H groups in total. The molecule has 2 aliphatic heterocycles. The normalized spacial score (nSPS) is 19.3. The molecule has 0 spiro atoms. The van der Waals surface area contributed by atoms with E-state index in [1.807, 2.05) is 0 Å². The number of fused-ring (bicyclic) bond motifs is 1. The van der Waals surface area contributed by atoms with Crippen LogP contribution in [0.15, 0.2) is 70.9 Å². The van der Waals surface area contributed by atoms with Crippen molar-refractivity contribution in [3.05, 3.63) is 89.1 Å². The maximum absolute atomic E-state index is 13.3. The van der Waals surface area contributed by atoms with Crippen LogP contribution in [0.5, 0.6) is 11.5 Å². The molecule has 0 saturated carbocycles. The first-order valence-corrected chi connectivity index (χ1v) is 9.49. The lowest BCUT2D eigenvalue weighted by atomic mass is 9.99.